The number of nitrogens with zero attached hydrogens (tertiary/aromatic N) is 1. The SMILES string of the molecule is Cc1csc(CNC2CC2)c1S(=O)(=O)N1CC2CCC1C2. The summed E-state index contributed by atoms with van der Waals surface area (Å²) in [5.41, 5.74) is 0.912. The Labute approximate surface area is 130 Å². The van der Waals surface area contributed by atoms with Crippen LogP contribution in [0.1, 0.15) is 42.5 Å². The maximum absolute atomic E-state index is 13.1. The molecule has 21 heavy (non-hydrogen) atoms. The first-order valence-corrected chi connectivity index (χ1v) is 10.2. The fraction of sp³-hybridized carbons (Fsp3) is 0.733. The van der Waals surface area contributed by atoms with E-state index in [1.165, 1.54) is 19.3 Å². The molecule has 2 atom stereocenters. The summed E-state index contributed by atoms with van der Waals surface area (Å²) < 4.78 is 28.0. The van der Waals surface area contributed by atoms with E-state index in [0.29, 0.717) is 23.4 Å². The predicted octanol–water partition coefficient (Wildman–Crippen LogP) is 2.48. The van der Waals surface area contributed by atoms with E-state index in [0.717, 1.165) is 29.8 Å². The van der Waals surface area contributed by atoms with E-state index in [1.54, 1.807) is 15.6 Å². The number of nitrogens with one attached hydrogen (secondary N) is 1. The molecule has 2 bridgehead atoms. The lowest BCUT2D eigenvalue weighted by Crippen LogP contribution is -2.38. The molecule has 0 radical (unpaired) electrons. The largest absolute Gasteiger partial charge is 0.309 e. The van der Waals surface area contributed by atoms with Crippen molar-refractivity contribution in [3.63, 3.8) is 0 Å². The monoisotopic (exact) mass is 326 g/mol. The summed E-state index contributed by atoms with van der Waals surface area (Å²) in [5.74, 6) is 0.594. The van der Waals surface area contributed by atoms with E-state index < -0.39 is 10.0 Å². The second-order valence-electron chi connectivity index (χ2n) is 6.73. The summed E-state index contributed by atoms with van der Waals surface area (Å²) in [6.07, 6.45) is 5.76. The molecule has 1 saturated heterocycles. The van der Waals surface area contributed by atoms with E-state index in [9.17, 15) is 8.42 Å². The minimum absolute atomic E-state index is 0.253. The molecule has 0 amide bonds. The zero-order chi connectivity index (χ0) is 14.6. The van der Waals surface area contributed by atoms with Gasteiger partial charge in [0.05, 0.1) is 0 Å². The zero-order valence-corrected chi connectivity index (χ0v) is 14.0. The highest BCUT2D eigenvalue weighted by atomic mass is 32.2. The van der Waals surface area contributed by atoms with Gasteiger partial charge in [0.15, 0.2) is 0 Å². The van der Waals surface area contributed by atoms with Crippen molar-refractivity contribution >= 4 is 21.4 Å². The Hall–Kier alpha value is -0.430. The predicted molar refractivity (Wildman–Crippen MR) is 83.9 cm³/mol. The molecular weight excluding hydrogens is 304 g/mol. The van der Waals surface area contributed by atoms with Gasteiger partial charge in [-0.2, -0.15) is 4.31 Å². The number of rotatable bonds is 5. The number of fused-ring (bicyclic) bond motifs is 2. The Balaban J connectivity index is 1.63. The molecule has 2 aliphatic carbocycles. The molecule has 6 heteroatoms. The van der Waals surface area contributed by atoms with Crippen LogP contribution >= 0.6 is 11.3 Å². The smallest absolute Gasteiger partial charge is 0.244 e. The van der Waals surface area contributed by atoms with Gasteiger partial charge in [-0.1, -0.05) is 0 Å². The van der Waals surface area contributed by atoms with E-state index in [2.05, 4.69) is 5.32 Å². The van der Waals surface area contributed by atoms with E-state index in [1.807, 2.05) is 12.3 Å². The van der Waals surface area contributed by atoms with Crippen LogP contribution in [0.25, 0.3) is 0 Å². The van der Waals surface area contributed by atoms with Crippen molar-refractivity contribution in [2.75, 3.05) is 6.54 Å². The number of sulfonamides is 1. The third-order valence-corrected chi connectivity index (χ3v) is 8.43. The van der Waals surface area contributed by atoms with Gasteiger partial charge >= 0.3 is 0 Å². The Bertz CT molecular complexity index is 649. The highest BCUT2D eigenvalue weighted by Gasteiger charge is 2.45. The molecule has 3 aliphatic rings. The van der Waals surface area contributed by atoms with Crippen molar-refractivity contribution < 1.29 is 8.42 Å². The van der Waals surface area contributed by atoms with Crippen molar-refractivity contribution in [2.24, 2.45) is 5.92 Å². The molecule has 4 nitrogen and oxygen atoms in total. The summed E-state index contributed by atoms with van der Waals surface area (Å²) in [5, 5.41) is 5.44. The number of aryl methyl sites for hydroxylation is 1. The topological polar surface area (TPSA) is 49.4 Å². The van der Waals surface area contributed by atoms with Crippen LogP contribution in [0.5, 0.6) is 0 Å². The third kappa shape index (κ3) is 2.46. The van der Waals surface area contributed by atoms with Crippen molar-refractivity contribution in [1.29, 1.82) is 0 Å². The highest BCUT2D eigenvalue weighted by Crippen LogP contribution is 2.42. The molecule has 3 fully saturated rings. The molecule has 4 rings (SSSR count). The van der Waals surface area contributed by atoms with Crippen LogP contribution in [-0.2, 0) is 16.6 Å². The van der Waals surface area contributed by atoms with Gasteiger partial charge in [-0.05, 0) is 55.9 Å². The second-order valence-corrected chi connectivity index (χ2v) is 9.53. The van der Waals surface area contributed by atoms with E-state index in [4.69, 9.17) is 0 Å². The first kappa shape index (κ1) is 14.2. The molecule has 1 aliphatic heterocycles. The standard InChI is InChI=1S/C15H22N2O2S2/c1-10-9-20-14(7-16-12-3-4-12)15(10)21(18,19)17-8-11-2-5-13(17)6-11/h9,11-13,16H,2-8H2,1H3. The summed E-state index contributed by atoms with van der Waals surface area (Å²) >= 11 is 1.58. The molecule has 1 N–H and O–H groups in total. The van der Waals surface area contributed by atoms with E-state index in [-0.39, 0.29) is 6.04 Å². The molecule has 0 spiro atoms. The van der Waals surface area contributed by atoms with Gasteiger partial charge in [-0.25, -0.2) is 8.42 Å². The summed E-state index contributed by atoms with van der Waals surface area (Å²) in [6, 6.07) is 0.856. The molecule has 2 saturated carbocycles. The normalized spacial score (nSPS) is 29.4. The molecule has 1 aromatic rings. The summed E-state index contributed by atoms with van der Waals surface area (Å²) in [7, 11) is -3.31. The van der Waals surface area contributed by atoms with Gasteiger partial charge in [-0.3, -0.25) is 0 Å². The maximum atomic E-state index is 13.1. The Morgan fingerprint density at radius 2 is 2.14 bits per heavy atom. The van der Waals surface area contributed by atoms with Crippen molar-refractivity contribution in [1.82, 2.24) is 9.62 Å². The Kier molecular flexibility index (Phi) is 3.41. The molecule has 2 heterocycles. The van der Waals surface area contributed by atoms with Crippen molar-refractivity contribution in [3.05, 3.63) is 15.8 Å². The summed E-state index contributed by atoms with van der Waals surface area (Å²) in [4.78, 5) is 1.58. The lowest BCUT2D eigenvalue weighted by atomic mass is 10.1. The number of hydrogen-bond acceptors (Lipinski definition) is 4. The quantitative estimate of drug-likeness (QED) is 0.904. The first-order chi connectivity index (χ1) is 10.1. The van der Waals surface area contributed by atoms with Crippen molar-refractivity contribution in [2.45, 2.75) is 62.6 Å². The van der Waals surface area contributed by atoms with Crippen LogP contribution in [0.2, 0.25) is 0 Å². The third-order valence-electron chi connectivity index (χ3n) is 5.04. The van der Waals surface area contributed by atoms with Crippen LogP contribution in [-0.4, -0.2) is 31.4 Å². The van der Waals surface area contributed by atoms with Crippen LogP contribution in [0.15, 0.2) is 10.3 Å². The zero-order valence-electron chi connectivity index (χ0n) is 12.3. The molecule has 2 unspecified atom stereocenters. The number of hydrogen-bond donors (Lipinski definition) is 1. The van der Waals surface area contributed by atoms with Gasteiger partial charge < -0.3 is 5.32 Å². The van der Waals surface area contributed by atoms with Crippen molar-refractivity contribution in [3.8, 4) is 0 Å². The van der Waals surface area contributed by atoms with Crippen LogP contribution in [0.3, 0.4) is 0 Å². The van der Waals surface area contributed by atoms with Crippen LogP contribution < -0.4 is 5.32 Å². The van der Waals surface area contributed by atoms with E-state index >= 15 is 0 Å². The first-order valence-electron chi connectivity index (χ1n) is 7.88. The minimum atomic E-state index is -3.31. The fourth-order valence-corrected chi connectivity index (χ4v) is 7.23. The van der Waals surface area contributed by atoms with Gasteiger partial charge in [0.25, 0.3) is 0 Å². The molecule has 0 aromatic carbocycles. The lowest BCUT2D eigenvalue weighted by Gasteiger charge is -2.26. The van der Waals surface area contributed by atoms with Gasteiger partial charge in [0, 0.05) is 30.1 Å². The van der Waals surface area contributed by atoms with Gasteiger partial charge in [0.2, 0.25) is 10.0 Å². The average Bonchev–Trinajstić information content (AvgIpc) is 2.86. The maximum Gasteiger partial charge on any atom is 0.244 e. The summed E-state index contributed by atoms with van der Waals surface area (Å²) in [6.45, 7) is 3.36. The van der Waals surface area contributed by atoms with Crippen LogP contribution in [0.4, 0.5) is 0 Å². The lowest BCUT2D eigenvalue weighted by molar-refractivity contribution is 0.333. The van der Waals surface area contributed by atoms with Crippen LogP contribution in [0, 0.1) is 12.8 Å². The highest BCUT2D eigenvalue weighted by molar-refractivity contribution is 7.89. The Morgan fingerprint density at radius 1 is 1.33 bits per heavy atom. The minimum Gasteiger partial charge on any atom is -0.309 e. The van der Waals surface area contributed by atoms with Gasteiger partial charge in [-0.15, -0.1) is 11.3 Å². The number of thiophene rings is 1. The molecule has 116 valence electrons. The van der Waals surface area contributed by atoms with Gasteiger partial charge in [0.1, 0.15) is 4.90 Å². The second kappa shape index (κ2) is 5.05. The number of piperidine rings is 1. The molecular formula is C15H22N2O2S2. The molecule has 1 aromatic heterocycles. The Morgan fingerprint density at radius 3 is 2.76 bits per heavy atom. The fourth-order valence-electron chi connectivity index (χ4n) is 3.77. The average molecular weight is 326 g/mol.